The predicted molar refractivity (Wildman–Crippen MR) is 76.6 cm³/mol. The van der Waals surface area contributed by atoms with Crippen LogP contribution in [-0.4, -0.2) is 18.0 Å². The lowest BCUT2D eigenvalue weighted by Gasteiger charge is -2.10. The molecule has 0 bridgehead atoms. The van der Waals surface area contributed by atoms with E-state index in [4.69, 9.17) is 9.15 Å². The number of aromatic nitrogens is 1. The van der Waals surface area contributed by atoms with E-state index in [1.807, 2.05) is 12.1 Å². The van der Waals surface area contributed by atoms with Crippen molar-refractivity contribution in [2.24, 2.45) is 0 Å². The zero-order valence-electron chi connectivity index (χ0n) is 11.7. The summed E-state index contributed by atoms with van der Waals surface area (Å²) in [4.78, 5) is 15.6. The molecule has 1 heterocycles. The predicted octanol–water partition coefficient (Wildman–Crippen LogP) is 3.48. The average Bonchev–Trinajstić information content (AvgIpc) is 2.99. The Morgan fingerprint density at radius 3 is 2.95 bits per heavy atom. The van der Waals surface area contributed by atoms with E-state index in [0.717, 1.165) is 18.4 Å². The molecule has 0 aliphatic carbocycles. The number of oxazole rings is 1. The molecule has 0 unspecified atom stereocenters. The van der Waals surface area contributed by atoms with Gasteiger partial charge in [-0.1, -0.05) is 13.3 Å². The minimum Gasteiger partial charge on any atom is -0.496 e. The molecule has 5 heteroatoms. The summed E-state index contributed by atoms with van der Waals surface area (Å²) in [6.45, 7) is 2.06. The lowest BCUT2D eigenvalue weighted by Crippen LogP contribution is -2.11. The normalized spacial score (nSPS) is 10.3. The van der Waals surface area contributed by atoms with Crippen LogP contribution in [0.15, 0.2) is 35.2 Å². The van der Waals surface area contributed by atoms with E-state index in [1.54, 1.807) is 19.4 Å². The summed E-state index contributed by atoms with van der Waals surface area (Å²) < 4.78 is 10.6. The number of nitrogens with zero attached hydrogens (tertiary/aromatic N) is 1. The van der Waals surface area contributed by atoms with Gasteiger partial charge in [0, 0.05) is 18.2 Å². The second-order valence-electron chi connectivity index (χ2n) is 4.43. The number of hydrogen-bond acceptors (Lipinski definition) is 4. The number of unbranched alkanes of at least 4 members (excludes halogenated alkanes) is 1. The van der Waals surface area contributed by atoms with Crippen LogP contribution in [0.1, 0.15) is 26.2 Å². The summed E-state index contributed by atoms with van der Waals surface area (Å²) in [6, 6.07) is 5.45. The molecule has 1 aromatic carbocycles. The SMILES string of the molecule is CCCCC(=O)Nc1ccc(-c2cnco2)c(OC)c1. The van der Waals surface area contributed by atoms with Gasteiger partial charge in [0.15, 0.2) is 12.2 Å². The van der Waals surface area contributed by atoms with E-state index >= 15 is 0 Å². The number of hydrogen-bond donors (Lipinski definition) is 1. The highest BCUT2D eigenvalue weighted by Gasteiger charge is 2.11. The molecule has 1 amide bonds. The van der Waals surface area contributed by atoms with Crippen molar-refractivity contribution in [3.63, 3.8) is 0 Å². The molecular formula is C15H18N2O3. The van der Waals surface area contributed by atoms with E-state index in [-0.39, 0.29) is 5.91 Å². The Morgan fingerprint density at radius 1 is 1.45 bits per heavy atom. The van der Waals surface area contributed by atoms with Crippen LogP contribution in [0.25, 0.3) is 11.3 Å². The molecule has 1 N–H and O–H groups in total. The van der Waals surface area contributed by atoms with Gasteiger partial charge in [-0.25, -0.2) is 4.98 Å². The Kier molecular flexibility index (Phi) is 4.76. The first-order valence-electron chi connectivity index (χ1n) is 6.61. The Hall–Kier alpha value is -2.30. The number of benzene rings is 1. The molecule has 0 atom stereocenters. The van der Waals surface area contributed by atoms with Crippen LogP contribution < -0.4 is 10.1 Å². The van der Waals surface area contributed by atoms with E-state index in [9.17, 15) is 4.79 Å². The molecule has 0 fully saturated rings. The molecule has 106 valence electrons. The fourth-order valence-corrected chi connectivity index (χ4v) is 1.88. The van der Waals surface area contributed by atoms with Crippen molar-refractivity contribution >= 4 is 11.6 Å². The van der Waals surface area contributed by atoms with Crippen molar-refractivity contribution in [2.75, 3.05) is 12.4 Å². The minimum absolute atomic E-state index is 0.0151. The van der Waals surface area contributed by atoms with Gasteiger partial charge >= 0.3 is 0 Å². The lowest BCUT2D eigenvalue weighted by atomic mass is 10.1. The van der Waals surface area contributed by atoms with Crippen LogP contribution in [0, 0.1) is 0 Å². The molecule has 0 radical (unpaired) electrons. The van der Waals surface area contributed by atoms with Crippen LogP contribution >= 0.6 is 0 Å². The third-order valence-electron chi connectivity index (χ3n) is 2.94. The maximum atomic E-state index is 11.7. The monoisotopic (exact) mass is 274 g/mol. The number of amides is 1. The molecule has 0 saturated heterocycles. The van der Waals surface area contributed by atoms with Gasteiger partial charge in [-0.2, -0.15) is 0 Å². The van der Waals surface area contributed by atoms with Gasteiger partial charge in [0.25, 0.3) is 0 Å². The highest BCUT2D eigenvalue weighted by molar-refractivity contribution is 5.91. The number of anilines is 1. The van der Waals surface area contributed by atoms with Gasteiger partial charge in [0.2, 0.25) is 5.91 Å². The average molecular weight is 274 g/mol. The fraction of sp³-hybridized carbons (Fsp3) is 0.333. The maximum Gasteiger partial charge on any atom is 0.224 e. The van der Waals surface area contributed by atoms with E-state index < -0.39 is 0 Å². The molecule has 1 aromatic heterocycles. The van der Waals surface area contributed by atoms with Crippen LogP contribution in [0.4, 0.5) is 5.69 Å². The molecule has 2 rings (SSSR count). The number of carbonyl (C=O) groups excluding carboxylic acids is 1. The van der Waals surface area contributed by atoms with E-state index in [2.05, 4.69) is 17.2 Å². The highest BCUT2D eigenvalue weighted by Crippen LogP contribution is 2.32. The van der Waals surface area contributed by atoms with Gasteiger partial charge in [-0.15, -0.1) is 0 Å². The number of methoxy groups -OCH3 is 1. The molecule has 5 nitrogen and oxygen atoms in total. The van der Waals surface area contributed by atoms with Gasteiger partial charge in [-0.3, -0.25) is 4.79 Å². The first-order chi connectivity index (χ1) is 9.74. The third-order valence-corrected chi connectivity index (χ3v) is 2.94. The number of nitrogens with one attached hydrogen (secondary N) is 1. The van der Waals surface area contributed by atoms with Crippen molar-refractivity contribution in [2.45, 2.75) is 26.2 Å². The maximum absolute atomic E-state index is 11.7. The summed E-state index contributed by atoms with van der Waals surface area (Å²) in [5.41, 5.74) is 1.52. The van der Waals surface area contributed by atoms with Gasteiger partial charge < -0.3 is 14.5 Å². The summed E-state index contributed by atoms with van der Waals surface area (Å²) in [5.74, 6) is 1.28. The Labute approximate surface area is 118 Å². The summed E-state index contributed by atoms with van der Waals surface area (Å²) in [6.07, 6.45) is 5.41. The quantitative estimate of drug-likeness (QED) is 0.875. The smallest absolute Gasteiger partial charge is 0.224 e. The van der Waals surface area contributed by atoms with Gasteiger partial charge in [0.1, 0.15) is 5.75 Å². The fourth-order valence-electron chi connectivity index (χ4n) is 1.88. The molecule has 0 saturated carbocycles. The lowest BCUT2D eigenvalue weighted by molar-refractivity contribution is -0.116. The number of rotatable bonds is 6. The van der Waals surface area contributed by atoms with Crippen LogP contribution in [-0.2, 0) is 4.79 Å². The molecule has 0 aliphatic heterocycles. The van der Waals surface area contributed by atoms with Crippen molar-refractivity contribution in [1.82, 2.24) is 4.98 Å². The summed E-state index contributed by atoms with van der Waals surface area (Å²) in [7, 11) is 1.58. The third kappa shape index (κ3) is 3.38. The topological polar surface area (TPSA) is 64.4 Å². The molecular weight excluding hydrogens is 256 g/mol. The zero-order valence-corrected chi connectivity index (χ0v) is 11.7. The minimum atomic E-state index is 0.0151. The van der Waals surface area contributed by atoms with Gasteiger partial charge in [-0.05, 0) is 18.6 Å². The second kappa shape index (κ2) is 6.75. The molecule has 0 aliphatic rings. The molecule has 20 heavy (non-hydrogen) atoms. The van der Waals surface area contributed by atoms with E-state index in [1.165, 1.54) is 6.39 Å². The van der Waals surface area contributed by atoms with Crippen LogP contribution in [0.2, 0.25) is 0 Å². The second-order valence-corrected chi connectivity index (χ2v) is 4.43. The van der Waals surface area contributed by atoms with Crippen molar-refractivity contribution in [1.29, 1.82) is 0 Å². The molecule has 2 aromatic rings. The number of carbonyl (C=O) groups is 1. The van der Waals surface area contributed by atoms with Crippen LogP contribution in [0.5, 0.6) is 5.75 Å². The first-order valence-corrected chi connectivity index (χ1v) is 6.61. The highest BCUT2D eigenvalue weighted by atomic mass is 16.5. The zero-order chi connectivity index (χ0) is 14.4. The van der Waals surface area contributed by atoms with Crippen molar-refractivity contribution in [3.05, 3.63) is 30.8 Å². The summed E-state index contributed by atoms with van der Waals surface area (Å²) >= 11 is 0. The van der Waals surface area contributed by atoms with Crippen molar-refractivity contribution < 1.29 is 13.9 Å². The first kappa shape index (κ1) is 14.1. The van der Waals surface area contributed by atoms with E-state index in [0.29, 0.717) is 23.6 Å². The molecule has 0 spiro atoms. The van der Waals surface area contributed by atoms with Crippen LogP contribution in [0.3, 0.4) is 0 Å². The standard InChI is InChI=1S/C15H18N2O3/c1-3-4-5-15(18)17-11-6-7-12(13(8-11)19-2)14-9-16-10-20-14/h6-10H,3-5H2,1-2H3,(H,17,18). The number of ether oxygens (including phenoxy) is 1. The van der Waals surface area contributed by atoms with Crippen molar-refractivity contribution in [3.8, 4) is 17.1 Å². The Balaban J connectivity index is 2.15. The van der Waals surface area contributed by atoms with Gasteiger partial charge in [0.05, 0.1) is 18.9 Å². The Morgan fingerprint density at radius 2 is 2.30 bits per heavy atom. The summed E-state index contributed by atoms with van der Waals surface area (Å²) in [5, 5.41) is 2.86. The Bertz CT molecular complexity index is 565. The largest absolute Gasteiger partial charge is 0.496 e.